The van der Waals surface area contributed by atoms with Gasteiger partial charge in [0, 0.05) is 12.1 Å². The summed E-state index contributed by atoms with van der Waals surface area (Å²) in [6, 6.07) is -0.383. The van der Waals surface area contributed by atoms with E-state index in [0.29, 0.717) is 12.8 Å². The molecule has 3 N–H and O–H groups in total. The molecule has 2 heterocycles. The highest BCUT2D eigenvalue weighted by Crippen LogP contribution is 2.40. The van der Waals surface area contributed by atoms with E-state index in [0.717, 1.165) is 6.42 Å². The van der Waals surface area contributed by atoms with Gasteiger partial charge in [-0.3, -0.25) is 4.79 Å². The molecule has 2 aliphatic heterocycles. The number of rotatable bonds is 1. The van der Waals surface area contributed by atoms with Crippen molar-refractivity contribution in [2.24, 2.45) is 11.7 Å². The van der Waals surface area contributed by atoms with Crippen LogP contribution in [0, 0.1) is 5.92 Å². The van der Waals surface area contributed by atoms with Crippen molar-refractivity contribution >= 4 is 12.0 Å². The molecule has 0 aromatic carbocycles. The van der Waals surface area contributed by atoms with Gasteiger partial charge in [-0.2, -0.15) is 0 Å². The van der Waals surface area contributed by atoms with E-state index in [2.05, 4.69) is 0 Å². The Hall–Kier alpha value is -1.30. The van der Waals surface area contributed by atoms with Gasteiger partial charge < -0.3 is 20.5 Å². The Bertz CT molecular complexity index is 391. The molecule has 19 heavy (non-hydrogen) atoms. The van der Waals surface area contributed by atoms with Crippen LogP contribution in [0.1, 0.15) is 40.0 Å². The lowest BCUT2D eigenvalue weighted by molar-refractivity contribution is -0.131. The smallest absolute Gasteiger partial charge is 0.410 e. The van der Waals surface area contributed by atoms with Crippen LogP contribution >= 0.6 is 0 Å². The number of nitrogens with two attached hydrogens (primary N) is 1. The predicted molar refractivity (Wildman–Crippen MR) is 68.2 cm³/mol. The molecule has 2 amide bonds. The van der Waals surface area contributed by atoms with Crippen LogP contribution in [-0.4, -0.2) is 45.8 Å². The minimum Gasteiger partial charge on any atom is -0.444 e. The average Bonchev–Trinajstić information content (AvgIpc) is 2.51. The topological polar surface area (TPSA) is 92.9 Å². The number of piperidine rings is 1. The summed E-state index contributed by atoms with van der Waals surface area (Å²) in [6.45, 7) is 5.41. The predicted octanol–water partition coefficient (Wildman–Crippen LogP) is 0.621. The summed E-state index contributed by atoms with van der Waals surface area (Å²) in [5.41, 5.74) is 4.78. The zero-order valence-corrected chi connectivity index (χ0v) is 11.6. The van der Waals surface area contributed by atoms with E-state index in [9.17, 15) is 14.7 Å². The lowest BCUT2D eigenvalue weighted by Gasteiger charge is -2.41. The molecule has 2 fully saturated rings. The Morgan fingerprint density at radius 2 is 1.95 bits per heavy atom. The van der Waals surface area contributed by atoms with Crippen molar-refractivity contribution in [1.82, 2.24) is 4.90 Å². The third-order valence-corrected chi connectivity index (χ3v) is 3.82. The molecule has 0 aromatic heterocycles. The molecule has 0 aliphatic carbocycles. The second kappa shape index (κ2) is 4.67. The maximum atomic E-state index is 12.2. The van der Waals surface area contributed by atoms with Gasteiger partial charge >= 0.3 is 6.09 Å². The number of amides is 2. The molecule has 2 bridgehead atoms. The van der Waals surface area contributed by atoms with E-state index in [4.69, 9.17) is 10.5 Å². The van der Waals surface area contributed by atoms with E-state index in [1.54, 1.807) is 25.7 Å². The third kappa shape index (κ3) is 2.68. The number of nitrogens with zero attached hydrogens (tertiary/aromatic N) is 1. The molecular weight excluding hydrogens is 248 g/mol. The van der Waals surface area contributed by atoms with Crippen LogP contribution in [0.3, 0.4) is 0 Å². The van der Waals surface area contributed by atoms with Crippen LogP contribution in [0.15, 0.2) is 0 Å². The number of carbonyl (C=O) groups excluding carboxylic acids is 2. The molecule has 108 valence electrons. The van der Waals surface area contributed by atoms with Gasteiger partial charge in [-0.25, -0.2) is 4.79 Å². The fraction of sp³-hybridized carbons (Fsp3) is 0.846. The number of hydrogen-bond acceptors (Lipinski definition) is 4. The van der Waals surface area contributed by atoms with Crippen LogP contribution in [0.4, 0.5) is 4.79 Å². The summed E-state index contributed by atoms with van der Waals surface area (Å²) >= 11 is 0. The zero-order valence-electron chi connectivity index (χ0n) is 11.6. The van der Waals surface area contributed by atoms with Crippen LogP contribution in [0.2, 0.25) is 0 Å². The van der Waals surface area contributed by atoms with Gasteiger partial charge in [0.2, 0.25) is 5.91 Å². The number of aliphatic hydroxyl groups is 1. The number of carbonyl (C=O) groups is 2. The number of hydrogen-bond donors (Lipinski definition) is 2. The van der Waals surface area contributed by atoms with Crippen LogP contribution in [0.5, 0.6) is 0 Å². The highest BCUT2D eigenvalue weighted by Gasteiger charge is 2.51. The second-order valence-electron chi connectivity index (χ2n) is 6.42. The maximum Gasteiger partial charge on any atom is 0.410 e. The molecule has 0 radical (unpaired) electrons. The van der Waals surface area contributed by atoms with Gasteiger partial charge in [-0.05, 0) is 40.0 Å². The van der Waals surface area contributed by atoms with Gasteiger partial charge in [-0.15, -0.1) is 0 Å². The summed E-state index contributed by atoms with van der Waals surface area (Å²) in [4.78, 5) is 25.3. The Morgan fingerprint density at radius 3 is 2.47 bits per heavy atom. The van der Waals surface area contributed by atoms with E-state index in [1.807, 2.05) is 0 Å². The van der Waals surface area contributed by atoms with Crippen molar-refractivity contribution in [2.75, 3.05) is 0 Å². The lowest BCUT2D eigenvalue weighted by Crippen LogP contribution is -2.57. The maximum absolute atomic E-state index is 12.2. The van der Waals surface area contributed by atoms with E-state index in [1.165, 1.54) is 0 Å². The molecule has 2 rings (SSSR count). The first-order valence-corrected chi connectivity index (χ1v) is 6.69. The molecule has 4 atom stereocenters. The minimum absolute atomic E-state index is 0.0505. The number of primary amides is 1. The molecule has 0 saturated carbocycles. The molecule has 0 unspecified atom stereocenters. The molecule has 6 nitrogen and oxygen atoms in total. The minimum atomic E-state index is -0.756. The third-order valence-electron chi connectivity index (χ3n) is 3.82. The first kappa shape index (κ1) is 14.1. The quantitative estimate of drug-likeness (QED) is 0.730. The summed E-state index contributed by atoms with van der Waals surface area (Å²) in [5.74, 6) is -1.24. The first-order valence-electron chi connectivity index (χ1n) is 6.69. The average molecular weight is 270 g/mol. The Kier molecular flexibility index (Phi) is 3.47. The van der Waals surface area contributed by atoms with Gasteiger partial charge in [0.05, 0.1) is 12.0 Å². The van der Waals surface area contributed by atoms with Gasteiger partial charge in [0.15, 0.2) is 0 Å². The molecule has 2 aliphatic rings. The number of ether oxygens (including phenoxy) is 1. The van der Waals surface area contributed by atoms with Crippen molar-refractivity contribution < 1.29 is 19.4 Å². The van der Waals surface area contributed by atoms with E-state index >= 15 is 0 Å². The van der Waals surface area contributed by atoms with Crippen LogP contribution < -0.4 is 5.73 Å². The Labute approximate surface area is 112 Å². The lowest BCUT2D eigenvalue weighted by atomic mass is 9.87. The summed E-state index contributed by atoms with van der Waals surface area (Å²) in [5, 5.41) is 9.97. The largest absolute Gasteiger partial charge is 0.444 e. The second-order valence-corrected chi connectivity index (χ2v) is 6.42. The SMILES string of the molecule is CC(C)(C)OC(=O)N1[C@H]2CC[C@@H]1[C@@H](C(N)=O)[C@@H](O)C2. The number of aliphatic hydroxyl groups excluding tert-OH is 1. The monoisotopic (exact) mass is 270 g/mol. The van der Waals surface area contributed by atoms with E-state index < -0.39 is 29.6 Å². The number of fused-ring (bicyclic) bond motifs is 2. The normalized spacial score (nSPS) is 34.2. The fourth-order valence-corrected chi connectivity index (χ4v) is 3.16. The van der Waals surface area contributed by atoms with Gasteiger partial charge in [0.1, 0.15) is 5.60 Å². The van der Waals surface area contributed by atoms with Crippen molar-refractivity contribution in [1.29, 1.82) is 0 Å². The standard InChI is InChI=1S/C13H22N2O4/c1-13(2,3)19-12(18)15-7-4-5-8(15)10(11(14)17)9(16)6-7/h7-10,16H,4-6H2,1-3H3,(H2,14,17)/t7-,8+,9-,10+/m0/s1. The van der Waals surface area contributed by atoms with Crippen molar-refractivity contribution in [3.63, 3.8) is 0 Å². The van der Waals surface area contributed by atoms with Crippen molar-refractivity contribution in [3.8, 4) is 0 Å². The summed E-state index contributed by atoms with van der Waals surface area (Å²) < 4.78 is 5.37. The molecule has 0 aromatic rings. The van der Waals surface area contributed by atoms with Crippen molar-refractivity contribution in [3.05, 3.63) is 0 Å². The highest BCUT2D eigenvalue weighted by atomic mass is 16.6. The molecule has 0 spiro atoms. The van der Waals surface area contributed by atoms with Gasteiger partial charge in [0.25, 0.3) is 0 Å². The molecule has 2 saturated heterocycles. The highest BCUT2D eigenvalue weighted by molar-refractivity contribution is 5.80. The van der Waals surface area contributed by atoms with E-state index in [-0.39, 0.29) is 12.1 Å². The van der Waals surface area contributed by atoms with Gasteiger partial charge in [-0.1, -0.05) is 0 Å². The van der Waals surface area contributed by atoms with Crippen LogP contribution in [-0.2, 0) is 9.53 Å². The molecule has 6 heteroatoms. The summed E-state index contributed by atoms with van der Waals surface area (Å²) in [6.07, 6.45) is 0.690. The summed E-state index contributed by atoms with van der Waals surface area (Å²) in [7, 11) is 0. The fourth-order valence-electron chi connectivity index (χ4n) is 3.16. The molecular formula is C13H22N2O4. The zero-order chi connectivity index (χ0) is 14.4. The Morgan fingerprint density at radius 1 is 1.32 bits per heavy atom. The van der Waals surface area contributed by atoms with Crippen molar-refractivity contribution in [2.45, 2.75) is 63.8 Å². The Balaban J connectivity index is 2.18. The van der Waals surface area contributed by atoms with Crippen LogP contribution in [0.25, 0.3) is 0 Å². The first-order chi connectivity index (χ1) is 8.70.